The summed E-state index contributed by atoms with van der Waals surface area (Å²) in [5.74, 6) is 0.128. The van der Waals surface area contributed by atoms with Gasteiger partial charge in [-0.15, -0.1) is 0 Å². The maximum Gasteiger partial charge on any atom is 0.264 e. The second kappa shape index (κ2) is 5.28. The van der Waals surface area contributed by atoms with E-state index >= 15 is 0 Å². The highest BCUT2D eigenvalue weighted by molar-refractivity contribution is 9.10. The molecule has 2 heterocycles. The van der Waals surface area contributed by atoms with Gasteiger partial charge in [0.15, 0.2) is 11.5 Å². The third-order valence-electron chi connectivity index (χ3n) is 2.74. The summed E-state index contributed by atoms with van der Waals surface area (Å²) in [5, 5.41) is 0.140. The summed E-state index contributed by atoms with van der Waals surface area (Å²) in [6.07, 6.45) is 4.70. The Balaban J connectivity index is 2.08. The number of rotatable bonds is 3. The number of hydrogen-bond acceptors (Lipinski definition) is 4. The van der Waals surface area contributed by atoms with Gasteiger partial charge in [-0.2, -0.15) is 0 Å². The Morgan fingerprint density at radius 1 is 1.24 bits per heavy atom. The normalized spacial score (nSPS) is 11.7. The van der Waals surface area contributed by atoms with Crippen molar-refractivity contribution < 1.29 is 8.42 Å². The molecule has 3 rings (SSSR count). The van der Waals surface area contributed by atoms with Gasteiger partial charge in [0.1, 0.15) is 9.50 Å². The lowest BCUT2D eigenvalue weighted by atomic mass is 10.4. The summed E-state index contributed by atoms with van der Waals surface area (Å²) in [7, 11) is -3.84. The van der Waals surface area contributed by atoms with Crippen LogP contribution in [0.15, 0.2) is 52.4 Å². The summed E-state index contributed by atoms with van der Waals surface area (Å²) in [4.78, 5) is 8.12. The Bertz CT molecular complexity index is 926. The second-order valence-electron chi connectivity index (χ2n) is 4.09. The maximum absolute atomic E-state index is 12.4. The zero-order chi connectivity index (χ0) is 15.0. The predicted molar refractivity (Wildman–Crippen MR) is 82.9 cm³/mol. The van der Waals surface area contributed by atoms with Crippen LogP contribution in [0.2, 0.25) is 5.02 Å². The number of aromatic nitrogens is 3. The molecule has 0 saturated heterocycles. The fraction of sp³-hybridized carbons (Fsp3) is 0. The van der Waals surface area contributed by atoms with Crippen LogP contribution in [-0.2, 0) is 10.0 Å². The van der Waals surface area contributed by atoms with Crippen molar-refractivity contribution in [1.82, 2.24) is 14.4 Å². The first-order valence-electron chi connectivity index (χ1n) is 5.74. The standard InChI is InChI=1S/C12H8BrClN4O2S/c13-10-7-16-12-11(15-5-6-18(10)12)17-21(19,20)9-4-2-1-3-8(9)14/h1-7H,(H,15,17). The predicted octanol–water partition coefficient (Wildman–Crippen LogP) is 2.95. The molecule has 0 unspecified atom stereocenters. The van der Waals surface area contributed by atoms with E-state index in [4.69, 9.17) is 11.6 Å². The Morgan fingerprint density at radius 2 is 2.00 bits per heavy atom. The van der Waals surface area contributed by atoms with E-state index < -0.39 is 10.0 Å². The van der Waals surface area contributed by atoms with Crippen molar-refractivity contribution in [3.8, 4) is 0 Å². The van der Waals surface area contributed by atoms with Gasteiger partial charge in [-0.25, -0.2) is 18.4 Å². The Morgan fingerprint density at radius 3 is 2.76 bits per heavy atom. The molecule has 0 bridgehead atoms. The molecule has 1 N–H and O–H groups in total. The minimum atomic E-state index is -3.84. The molecule has 3 aromatic rings. The Kier molecular flexibility index (Phi) is 3.60. The molecular formula is C12H8BrClN4O2S. The van der Waals surface area contributed by atoms with Gasteiger partial charge in [0, 0.05) is 12.4 Å². The van der Waals surface area contributed by atoms with Gasteiger partial charge in [-0.1, -0.05) is 23.7 Å². The van der Waals surface area contributed by atoms with Crippen LogP contribution in [0.25, 0.3) is 5.65 Å². The maximum atomic E-state index is 12.4. The molecule has 2 aromatic heterocycles. The molecule has 0 saturated carbocycles. The lowest BCUT2D eigenvalue weighted by Gasteiger charge is -2.09. The van der Waals surface area contributed by atoms with Gasteiger partial charge in [-0.3, -0.25) is 9.12 Å². The van der Waals surface area contributed by atoms with E-state index in [9.17, 15) is 8.42 Å². The minimum Gasteiger partial charge on any atom is -0.290 e. The van der Waals surface area contributed by atoms with Crippen LogP contribution in [0, 0.1) is 0 Å². The van der Waals surface area contributed by atoms with Crippen LogP contribution in [0.1, 0.15) is 0 Å². The van der Waals surface area contributed by atoms with Gasteiger partial charge in [0.25, 0.3) is 10.0 Å². The van der Waals surface area contributed by atoms with E-state index in [0.29, 0.717) is 10.3 Å². The van der Waals surface area contributed by atoms with Gasteiger partial charge < -0.3 is 0 Å². The molecule has 0 amide bonds. The molecule has 108 valence electrons. The van der Waals surface area contributed by atoms with Crippen LogP contribution in [0.5, 0.6) is 0 Å². The zero-order valence-electron chi connectivity index (χ0n) is 10.4. The minimum absolute atomic E-state index is 0.0129. The molecule has 0 fully saturated rings. The van der Waals surface area contributed by atoms with Crippen molar-refractivity contribution in [2.24, 2.45) is 0 Å². The van der Waals surface area contributed by atoms with Crippen LogP contribution in [0.3, 0.4) is 0 Å². The fourth-order valence-corrected chi connectivity index (χ4v) is 3.73. The summed E-state index contributed by atoms with van der Waals surface area (Å²) in [6, 6.07) is 6.19. The van der Waals surface area contributed by atoms with Gasteiger partial charge in [-0.05, 0) is 28.1 Å². The van der Waals surface area contributed by atoms with Crippen LogP contribution < -0.4 is 4.72 Å². The highest BCUT2D eigenvalue weighted by Gasteiger charge is 2.20. The molecule has 0 radical (unpaired) electrons. The molecular weight excluding hydrogens is 380 g/mol. The van der Waals surface area contributed by atoms with Crippen LogP contribution in [0.4, 0.5) is 5.82 Å². The van der Waals surface area contributed by atoms with Crippen molar-refractivity contribution in [1.29, 1.82) is 0 Å². The third-order valence-corrected chi connectivity index (χ3v) is 5.17. The molecule has 21 heavy (non-hydrogen) atoms. The van der Waals surface area contributed by atoms with Crippen molar-refractivity contribution >= 4 is 49.0 Å². The van der Waals surface area contributed by atoms with E-state index in [1.165, 1.54) is 18.3 Å². The number of fused-ring (bicyclic) bond motifs is 1. The average molecular weight is 388 g/mol. The average Bonchev–Trinajstić information content (AvgIpc) is 2.82. The highest BCUT2D eigenvalue weighted by Crippen LogP contribution is 2.24. The number of imidazole rings is 1. The third kappa shape index (κ3) is 2.61. The number of nitrogens with one attached hydrogen (secondary N) is 1. The first-order valence-corrected chi connectivity index (χ1v) is 8.39. The van der Waals surface area contributed by atoms with E-state index in [0.717, 1.165) is 0 Å². The monoisotopic (exact) mass is 386 g/mol. The zero-order valence-corrected chi connectivity index (χ0v) is 13.5. The summed E-state index contributed by atoms with van der Waals surface area (Å²) < 4.78 is 29.5. The largest absolute Gasteiger partial charge is 0.290 e. The van der Waals surface area contributed by atoms with Crippen LogP contribution in [-0.4, -0.2) is 22.8 Å². The quantitative estimate of drug-likeness (QED) is 0.749. The molecule has 0 atom stereocenters. The lowest BCUT2D eigenvalue weighted by molar-refractivity contribution is 0.601. The molecule has 6 nitrogen and oxygen atoms in total. The smallest absolute Gasteiger partial charge is 0.264 e. The lowest BCUT2D eigenvalue weighted by Crippen LogP contribution is -2.15. The van der Waals surface area contributed by atoms with Gasteiger partial charge >= 0.3 is 0 Å². The number of benzene rings is 1. The number of anilines is 1. The van der Waals surface area contributed by atoms with Gasteiger partial charge in [0.05, 0.1) is 11.2 Å². The SMILES string of the molecule is O=S(=O)(Nc1nccn2c(Br)cnc12)c1ccccc1Cl. The number of nitrogens with zero attached hydrogens (tertiary/aromatic N) is 3. The first kappa shape index (κ1) is 14.3. The molecule has 1 aromatic carbocycles. The summed E-state index contributed by atoms with van der Waals surface area (Å²) >= 11 is 9.24. The van der Waals surface area contributed by atoms with Crippen molar-refractivity contribution in [2.45, 2.75) is 4.90 Å². The molecule has 0 aliphatic heterocycles. The van der Waals surface area contributed by atoms with E-state index in [1.807, 2.05) is 0 Å². The first-order chi connectivity index (χ1) is 9.99. The molecule has 9 heteroatoms. The number of hydrogen-bond donors (Lipinski definition) is 1. The second-order valence-corrected chi connectivity index (χ2v) is 6.96. The number of sulfonamides is 1. The topological polar surface area (TPSA) is 76.4 Å². The summed E-state index contributed by atoms with van der Waals surface area (Å²) in [5.41, 5.74) is 0.389. The van der Waals surface area contributed by atoms with Crippen molar-refractivity contribution in [3.63, 3.8) is 0 Å². The Hall–Kier alpha value is -1.64. The van der Waals surface area contributed by atoms with Crippen molar-refractivity contribution in [2.75, 3.05) is 4.72 Å². The van der Waals surface area contributed by atoms with Gasteiger partial charge in [0.2, 0.25) is 0 Å². The number of halogens is 2. The molecule has 0 aliphatic rings. The van der Waals surface area contributed by atoms with Crippen molar-refractivity contribution in [3.05, 3.63) is 52.5 Å². The Labute approximate surface area is 134 Å². The van der Waals surface area contributed by atoms with E-state index in [2.05, 4.69) is 30.6 Å². The highest BCUT2D eigenvalue weighted by atomic mass is 79.9. The van der Waals surface area contributed by atoms with Crippen LogP contribution >= 0.6 is 27.5 Å². The fourth-order valence-electron chi connectivity index (χ4n) is 1.81. The molecule has 0 aliphatic carbocycles. The molecule has 0 spiro atoms. The van der Waals surface area contributed by atoms with E-state index in [1.54, 1.807) is 28.9 Å². The summed E-state index contributed by atoms with van der Waals surface area (Å²) in [6.45, 7) is 0. The van der Waals surface area contributed by atoms with E-state index in [-0.39, 0.29) is 15.7 Å².